The van der Waals surface area contributed by atoms with E-state index in [2.05, 4.69) is 10.3 Å². The molecule has 0 spiro atoms. The van der Waals surface area contributed by atoms with Crippen molar-refractivity contribution in [3.05, 3.63) is 88.8 Å². The fraction of sp³-hybridized carbons (Fsp3) is 0.182. The molecule has 4 rings (SSSR count). The van der Waals surface area contributed by atoms with Gasteiger partial charge in [-0.25, -0.2) is 0 Å². The number of amides is 1. The molecule has 2 N–H and O–H groups in total. The van der Waals surface area contributed by atoms with Crippen molar-refractivity contribution in [1.82, 2.24) is 4.98 Å². The third-order valence-corrected chi connectivity index (χ3v) is 4.93. The number of hydrogen-bond donors (Lipinski definition) is 1. The summed E-state index contributed by atoms with van der Waals surface area (Å²) < 4.78 is 38.4. The van der Waals surface area contributed by atoms with Crippen LogP contribution in [-0.2, 0) is 19.0 Å². The minimum Gasteiger partial charge on any atom is -0.674 e. The van der Waals surface area contributed by atoms with E-state index in [1.807, 2.05) is 12.1 Å². The summed E-state index contributed by atoms with van der Waals surface area (Å²) in [5, 5.41) is 2.83. The number of nitrogens with zero attached hydrogens (tertiary/aromatic N) is 1. The molecule has 1 aliphatic rings. The Labute approximate surface area is 207 Å². The number of hydrogen-bond acceptors (Lipinski definition) is 2. The van der Waals surface area contributed by atoms with Gasteiger partial charge in [-0.3, -0.25) is 9.78 Å². The quantitative estimate of drug-likeness (QED) is 0.417. The molecule has 1 amide bonds. The first kappa shape index (κ1) is 22.9. The van der Waals surface area contributed by atoms with Gasteiger partial charge in [0.05, 0.1) is 16.8 Å². The molecule has 0 bridgehead atoms. The first-order valence-corrected chi connectivity index (χ1v) is 9.08. The molecule has 151 valence electrons. The average Bonchev–Trinajstić information content (AvgIpc) is 3.06. The van der Waals surface area contributed by atoms with Crippen LogP contribution in [-0.4, -0.2) is 16.9 Å². The van der Waals surface area contributed by atoms with Crippen molar-refractivity contribution in [1.29, 1.82) is 0 Å². The smallest absolute Gasteiger partial charge is 0.416 e. The SMILES string of the molecule is [Ac].[NH-]C1Cc2ccc(NC(=O)c3cccnc3-c3ccc(C(F)(F)F)cc3)cc2C1. The van der Waals surface area contributed by atoms with Gasteiger partial charge in [-0.1, -0.05) is 18.2 Å². The minimum absolute atomic E-state index is 0. The van der Waals surface area contributed by atoms with Crippen molar-refractivity contribution in [2.45, 2.75) is 25.1 Å². The molecule has 1 aromatic heterocycles. The third-order valence-electron chi connectivity index (χ3n) is 4.93. The van der Waals surface area contributed by atoms with Crippen LogP contribution in [0.2, 0.25) is 0 Å². The molecule has 1 radical (unpaired) electrons. The number of carbonyl (C=O) groups excluding carboxylic acids is 1. The normalized spacial score (nSPS) is 15.3. The Balaban J connectivity index is 0.00000256. The van der Waals surface area contributed by atoms with E-state index in [1.165, 1.54) is 18.3 Å². The molecule has 4 nitrogen and oxygen atoms in total. The van der Waals surface area contributed by atoms with Gasteiger partial charge in [0.2, 0.25) is 0 Å². The number of fused-ring (bicyclic) bond motifs is 1. The van der Waals surface area contributed by atoms with Gasteiger partial charge in [0.25, 0.3) is 5.91 Å². The maximum atomic E-state index is 12.8. The van der Waals surface area contributed by atoms with Crippen LogP contribution < -0.4 is 5.32 Å². The Morgan fingerprint density at radius 1 is 1.03 bits per heavy atom. The molecule has 30 heavy (non-hydrogen) atoms. The van der Waals surface area contributed by atoms with Gasteiger partial charge in [-0.15, -0.1) is 6.04 Å². The fourth-order valence-corrected chi connectivity index (χ4v) is 3.53. The minimum atomic E-state index is -4.42. The summed E-state index contributed by atoms with van der Waals surface area (Å²) in [6.07, 6.45) is -1.56. The zero-order chi connectivity index (χ0) is 20.6. The molecule has 1 heterocycles. The summed E-state index contributed by atoms with van der Waals surface area (Å²) in [5.41, 5.74) is 10.9. The van der Waals surface area contributed by atoms with Crippen LogP contribution in [0.3, 0.4) is 0 Å². The maximum Gasteiger partial charge on any atom is 0.416 e. The van der Waals surface area contributed by atoms with E-state index in [9.17, 15) is 18.0 Å². The van der Waals surface area contributed by atoms with E-state index in [1.54, 1.807) is 18.2 Å². The summed E-state index contributed by atoms with van der Waals surface area (Å²) in [5.74, 6) is -0.395. The molecule has 1 aliphatic carbocycles. The van der Waals surface area contributed by atoms with Gasteiger partial charge in [-0.05, 0) is 60.4 Å². The summed E-state index contributed by atoms with van der Waals surface area (Å²) in [7, 11) is 0. The van der Waals surface area contributed by atoms with Crippen molar-refractivity contribution >= 4 is 11.6 Å². The van der Waals surface area contributed by atoms with Crippen LogP contribution in [0.25, 0.3) is 17.0 Å². The Bertz CT molecular complexity index is 1070. The van der Waals surface area contributed by atoms with Crippen molar-refractivity contribution in [3.63, 3.8) is 0 Å². The second-order valence-electron chi connectivity index (χ2n) is 7.02. The maximum absolute atomic E-state index is 12.8. The van der Waals surface area contributed by atoms with Gasteiger partial charge >= 0.3 is 6.18 Å². The van der Waals surface area contributed by atoms with Crippen molar-refractivity contribution in [2.24, 2.45) is 0 Å². The van der Waals surface area contributed by atoms with E-state index in [4.69, 9.17) is 5.73 Å². The Morgan fingerprint density at radius 3 is 2.43 bits per heavy atom. The van der Waals surface area contributed by atoms with Gasteiger partial charge in [0.15, 0.2) is 0 Å². The predicted molar refractivity (Wildman–Crippen MR) is 105 cm³/mol. The zero-order valence-corrected chi connectivity index (χ0v) is 20.6. The largest absolute Gasteiger partial charge is 0.674 e. The van der Waals surface area contributed by atoms with E-state index in [0.717, 1.165) is 23.3 Å². The zero-order valence-electron chi connectivity index (χ0n) is 15.8. The van der Waals surface area contributed by atoms with E-state index < -0.39 is 17.6 Å². The first-order chi connectivity index (χ1) is 13.8. The van der Waals surface area contributed by atoms with Crippen LogP contribution in [0.15, 0.2) is 60.8 Å². The first-order valence-electron chi connectivity index (χ1n) is 9.08. The second kappa shape index (κ2) is 9.17. The van der Waals surface area contributed by atoms with Crippen LogP contribution in [0.4, 0.5) is 18.9 Å². The molecular weight excluding hydrogens is 606 g/mol. The number of halogens is 3. The summed E-state index contributed by atoms with van der Waals surface area (Å²) in [4.78, 5) is 17.0. The number of rotatable bonds is 3. The van der Waals surface area contributed by atoms with Gasteiger partial charge in [0.1, 0.15) is 0 Å². The topological polar surface area (TPSA) is 65.8 Å². The average molecular weight is 623 g/mol. The van der Waals surface area contributed by atoms with Gasteiger partial charge in [0, 0.05) is 61.5 Å². The number of pyridine rings is 1. The summed E-state index contributed by atoms with van der Waals surface area (Å²) in [6, 6.07) is 13.2. The van der Waals surface area contributed by atoms with E-state index in [0.29, 0.717) is 29.8 Å². The Morgan fingerprint density at radius 2 is 1.73 bits per heavy atom. The van der Waals surface area contributed by atoms with Gasteiger partial charge in [-0.2, -0.15) is 13.2 Å². The molecule has 1 atom stereocenters. The van der Waals surface area contributed by atoms with Crippen molar-refractivity contribution in [2.75, 3.05) is 5.32 Å². The number of nitrogens with one attached hydrogen (secondary N) is 2. The standard InChI is InChI=1S/C22H17F3N3O.Ac/c23-22(24,25)16-6-3-13(4-7-16)20-19(2-1-9-27-20)21(29)28-18-8-5-14-10-17(26)11-15(14)12-18;/h1-9,12,17,26H,10-11H2,(H,28,29);/q-1;. The number of carbonyl (C=O) groups is 1. The van der Waals surface area contributed by atoms with Crippen LogP contribution >= 0.6 is 0 Å². The molecular formula is C22H17AcF3N3O-. The molecule has 0 aliphatic heterocycles. The van der Waals surface area contributed by atoms with E-state index >= 15 is 0 Å². The van der Waals surface area contributed by atoms with Crippen LogP contribution in [0.1, 0.15) is 27.0 Å². The fourth-order valence-electron chi connectivity index (χ4n) is 3.53. The Kier molecular flexibility index (Phi) is 7.01. The van der Waals surface area contributed by atoms with E-state index in [-0.39, 0.29) is 55.7 Å². The predicted octanol–water partition coefficient (Wildman–Crippen LogP) is 5.54. The number of anilines is 1. The van der Waals surface area contributed by atoms with Crippen molar-refractivity contribution < 1.29 is 62.0 Å². The molecule has 1 unspecified atom stereocenters. The van der Waals surface area contributed by atoms with Gasteiger partial charge < -0.3 is 11.1 Å². The number of alkyl halides is 3. The molecule has 2 aromatic carbocycles. The molecule has 3 aromatic rings. The third kappa shape index (κ3) is 4.93. The second-order valence-corrected chi connectivity index (χ2v) is 7.02. The van der Waals surface area contributed by atoms with Crippen LogP contribution in [0.5, 0.6) is 0 Å². The molecule has 0 fully saturated rings. The van der Waals surface area contributed by atoms with Crippen LogP contribution in [0, 0.1) is 44.1 Å². The van der Waals surface area contributed by atoms with Crippen molar-refractivity contribution in [3.8, 4) is 11.3 Å². The molecule has 8 heteroatoms. The number of aromatic nitrogens is 1. The molecule has 0 saturated heterocycles. The molecule has 0 saturated carbocycles. The summed E-state index contributed by atoms with van der Waals surface area (Å²) >= 11 is 0. The monoisotopic (exact) mass is 623 g/mol. The number of benzene rings is 2. The summed E-state index contributed by atoms with van der Waals surface area (Å²) in [6.45, 7) is 0. The Hall–Kier alpha value is -1.75.